The molecule has 72 valence electrons. The lowest BCUT2D eigenvalue weighted by molar-refractivity contribution is -0.151. The Morgan fingerprint density at radius 3 is 3.23 bits per heavy atom. The van der Waals surface area contributed by atoms with Crippen LogP contribution in [0.25, 0.3) is 10.4 Å². The molecule has 13 heavy (non-hydrogen) atoms. The number of azide groups is 1. The molecule has 5 nitrogen and oxygen atoms in total. The summed E-state index contributed by atoms with van der Waals surface area (Å²) in [5, 5.41) is 3.59. The summed E-state index contributed by atoms with van der Waals surface area (Å²) in [6, 6.07) is 0. The molecule has 0 aromatic heterocycles. The van der Waals surface area contributed by atoms with Gasteiger partial charge in [0.25, 0.3) is 0 Å². The summed E-state index contributed by atoms with van der Waals surface area (Å²) in [7, 11) is 0. The molecule has 0 aromatic carbocycles. The van der Waals surface area contributed by atoms with Crippen LogP contribution in [0, 0.1) is 11.8 Å². The summed E-state index contributed by atoms with van der Waals surface area (Å²) in [5.41, 5.74) is 8.21. The van der Waals surface area contributed by atoms with Gasteiger partial charge in [0.1, 0.15) is 0 Å². The van der Waals surface area contributed by atoms with E-state index >= 15 is 0 Å². The maximum atomic E-state index is 8.21. The van der Waals surface area contributed by atoms with Crippen LogP contribution in [0.5, 0.6) is 0 Å². The quantitative estimate of drug-likeness (QED) is 0.371. The Labute approximate surface area is 76.6 Å². The van der Waals surface area contributed by atoms with Crippen molar-refractivity contribution in [2.75, 3.05) is 19.8 Å². The molecule has 2 saturated heterocycles. The first kappa shape index (κ1) is 8.81. The van der Waals surface area contributed by atoms with Gasteiger partial charge in [0.2, 0.25) is 0 Å². The Bertz CT molecular complexity index is 227. The van der Waals surface area contributed by atoms with Gasteiger partial charge >= 0.3 is 0 Å². The molecule has 0 saturated carbocycles. The van der Waals surface area contributed by atoms with Crippen molar-refractivity contribution in [2.24, 2.45) is 17.0 Å². The molecular weight excluding hydrogens is 170 g/mol. The number of nitrogens with zero attached hydrogens (tertiary/aromatic N) is 3. The largest absolute Gasteiger partial charge is 0.352 e. The molecule has 2 rings (SSSR count). The predicted molar refractivity (Wildman–Crippen MR) is 45.9 cm³/mol. The molecule has 5 heteroatoms. The monoisotopic (exact) mass is 183 g/mol. The minimum atomic E-state index is -0.0346. The van der Waals surface area contributed by atoms with Gasteiger partial charge in [-0.3, -0.25) is 0 Å². The van der Waals surface area contributed by atoms with Crippen molar-refractivity contribution in [3.8, 4) is 0 Å². The molecule has 0 unspecified atom stereocenters. The van der Waals surface area contributed by atoms with Gasteiger partial charge in [-0.2, -0.15) is 0 Å². The zero-order valence-corrected chi connectivity index (χ0v) is 7.43. The normalized spacial score (nSPS) is 38.0. The summed E-state index contributed by atoms with van der Waals surface area (Å²) in [6.45, 7) is 2.02. The van der Waals surface area contributed by atoms with E-state index in [-0.39, 0.29) is 6.29 Å². The van der Waals surface area contributed by atoms with E-state index in [1.165, 1.54) is 0 Å². The summed E-state index contributed by atoms with van der Waals surface area (Å²) in [5.74, 6) is 0.806. The van der Waals surface area contributed by atoms with Crippen LogP contribution in [0.4, 0.5) is 0 Å². The minimum Gasteiger partial charge on any atom is -0.352 e. The summed E-state index contributed by atoms with van der Waals surface area (Å²) >= 11 is 0. The zero-order chi connectivity index (χ0) is 9.10. The fourth-order valence-electron chi connectivity index (χ4n) is 2.08. The smallest absolute Gasteiger partial charge is 0.160 e. The first-order chi connectivity index (χ1) is 6.42. The van der Waals surface area contributed by atoms with E-state index < -0.39 is 0 Å². The third-order valence-electron chi connectivity index (χ3n) is 2.77. The van der Waals surface area contributed by atoms with Gasteiger partial charge in [-0.25, -0.2) is 0 Å². The molecule has 2 aliphatic heterocycles. The van der Waals surface area contributed by atoms with Crippen LogP contribution in [0.1, 0.15) is 12.8 Å². The fraction of sp³-hybridized carbons (Fsp3) is 1.00. The third kappa shape index (κ3) is 1.77. The van der Waals surface area contributed by atoms with E-state index in [1.54, 1.807) is 0 Å². The summed E-state index contributed by atoms with van der Waals surface area (Å²) in [6.07, 6.45) is 2.20. The Kier molecular flexibility index (Phi) is 2.68. The Balaban J connectivity index is 1.94. The molecule has 2 fully saturated rings. The zero-order valence-electron chi connectivity index (χ0n) is 7.43. The van der Waals surface area contributed by atoms with Crippen LogP contribution in [0.2, 0.25) is 0 Å². The SMILES string of the molecule is [N-]=[N+]=NC[C@H]1CO[C@H]2OCCC[C@@H]12. The molecule has 0 aliphatic carbocycles. The average Bonchev–Trinajstić information content (AvgIpc) is 2.58. The average molecular weight is 183 g/mol. The highest BCUT2D eigenvalue weighted by atomic mass is 16.7. The van der Waals surface area contributed by atoms with E-state index in [4.69, 9.17) is 15.0 Å². The molecule has 2 aliphatic rings. The fourth-order valence-corrected chi connectivity index (χ4v) is 2.08. The van der Waals surface area contributed by atoms with E-state index in [9.17, 15) is 0 Å². The summed E-state index contributed by atoms with van der Waals surface area (Å²) in [4.78, 5) is 2.77. The highest BCUT2D eigenvalue weighted by Crippen LogP contribution is 2.34. The molecule has 2 heterocycles. The van der Waals surface area contributed by atoms with Crippen LogP contribution >= 0.6 is 0 Å². The maximum Gasteiger partial charge on any atom is 0.160 e. The van der Waals surface area contributed by atoms with Gasteiger partial charge in [0.05, 0.1) is 6.61 Å². The van der Waals surface area contributed by atoms with Gasteiger partial charge in [-0.1, -0.05) is 5.11 Å². The van der Waals surface area contributed by atoms with Gasteiger partial charge < -0.3 is 9.47 Å². The van der Waals surface area contributed by atoms with Crippen LogP contribution in [0.15, 0.2) is 5.11 Å². The Morgan fingerprint density at radius 1 is 1.46 bits per heavy atom. The van der Waals surface area contributed by atoms with Gasteiger partial charge in [-0.15, -0.1) is 0 Å². The predicted octanol–water partition coefficient (Wildman–Crippen LogP) is 1.70. The molecule has 0 radical (unpaired) electrons. The lowest BCUT2D eigenvalue weighted by atomic mass is 9.89. The van der Waals surface area contributed by atoms with Crippen molar-refractivity contribution in [1.29, 1.82) is 0 Å². The number of rotatable bonds is 2. The number of hydrogen-bond acceptors (Lipinski definition) is 3. The van der Waals surface area contributed by atoms with Gasteiger partial charge in [0, 0.05) is 24.0 Å². The van der Waals surface area contributed by atoms with Crippen molar-refractivity contribution in [1.82, 2.24) is 0 Å². The second-order valence-electron chi connectivity index (χ2n) is 3.55. The van der Waals surface area contributed by atoms with Crippen LogP contribution < -0.4 is 0 Å². The molecule has 0 aromatic rings. The minimum absolute atomic E-state index is 0.0346. The Morgan fingerprint density at radius 2 is 2.38 bits per heavy atom. The van der Waals surface area contributed by atoms with Crippen LogP contribution in [-0.2, 0) is 9.47 Å². The molecular formula is C8H13N3O2. The lowest BCUT2D eigenvalue weighted by Crippen LogP contribution is -2.29. The molecule has 3 atom stereocenters. The highest BCUT2D eigenvalue weighted by Gasteiger charge is 2.38. The van der Waals surface area contributed by atoms with E-state index in [0.29, 0.717) is 25.0 Å². The standard InChI is InChI=1S/C8H13N3O2/c9-11-10-4-6-5-13-8-7(6)2-1-3-12-8/h6-8H,1-5H2/t6-,7-,8+/m0/s1. The Hall–Kier alpha value is -0.770. The third-order valence-corrected chi connectivity index (χ3v) is 2.77. The van der Waals surface area contributed by atoms with E-state index in [2.05, 4.69) is 10.0 Å². The maximum absolute atomic E-state index is 8.21. The van der Waals surface area contributed by atoms with Gasteiger partial charge in [0.15, 0.2) is 6.29 Å². The lowest BCUT2D eigenvalue weighted by Gasteiger charge is -2.26. The second kappa shape index (κ2) is 3.96. The number of hydrogen-bond donors (Lipinski definition) is 0. The van der Waals surface area contributed by atoms with Crippen molar-refractivity contribution in [3.63, 3.8) is 0 Å². The molecule has 0 bridgehead atoms. The molecule has 0 N–H and O–H groups in total. The van der Waals surface area contributed by atoms with E-state index in [1.807, 2.05) is 0 Å². The van der Waals surface area contributed by atoms with Crippen LogP contribution in [0.3, 0.4) is 0 Å². The van der Waals surface area contributed by atoms with Crippen molar-refractivity contribution in [2.45, 2.75) is 19.1 Å². The van der Waals surface area contributed by atoms with Crippen LogP contribution in [-0.4, -0.2) is 26.0 Å². The van der Waals surface area contributed by atoms with Crippen molar-refractivity contribution in [3.05, 3.63) is 10.4 Å². The van der Waals surface area contributed by atoms with Crippen molar-refractivity contribution < 1.29 is 9.47 Å². The number of fused-ring (bicyclic) bond motifs is 1. The topological polar surface area (TPSA) is 67.2 Å². The summed E-state index contributed by atoms with van der Waals surface area (Å²) < 4.78 is 10.9. The van der Waals surface area contributed by atoms with Crippen molar-refractivity contribution >= 4 is 0 Å². The first-order valence-electron chi connectivity index (χ1n) is 4.66. The number of ether oxygens (including phenoxy) is 2. The molecule has 0 spiro atoms. The molecule has 0 amide bonds. The first-order valence-corrected chi connectivity index (χ1v) is 4.66. The van der Waals surface area contributed by atoms with E-state index in [0.717, 1.165) is 19.4 Å². The highest BCUT2D eigenvalue weighted by molar-refractivity contribution is 4.82. The second-order valence-corrected chi connectivity index (χ2v) is 3.55. The van der Waals surface area contributed by atoms with Gasteiger partial charge in [-0.05, 0) is 24.3 Å².